The third-order valence-corrected chi connectivity index (χ3v) is 3.49. The molecule has 92 valence electrons. The number of halogens is 2. The van der Waals surface area contributed by atoms with Crippen molar-refractivity contribution in [3.63, 3.8) is 0 Å². The van der Waals surface area contributed by atoms with E-state index in [4.69, 9.17) is 0 Å². The standard InChI is InChI=1S/C14H11FINO/c1-9-6-7-10(8-12(9)15)17-14(18)11-4-2-3-5-13(11)16/h2-8H,1H3,(H,17,18). The van der Waals surface area contributed by atoms with Gasteiger partial charge in [-0.05, 0) is 59.3 Å². The van der Waals surface area contributed by atoms with Gasteiger partial charge in [0.1, 0.15) is 5.82 Å². The smallest absolute Gasteiger partial charge is 0.256 e. The summed E-state index contributed by atoms with van der Waals surface area (Å²) < 4.78 is 14.2. The number of amides is 1. The minimum atomic E-state index is -0.324. The van der Waals surface area contributed by atoms with Gasteiger partial charge in [0.15, 0.2) is 0 Å². The van der Waals surface area contributed by atoms with Crippen LogP contribution in [0.25, 0.3) is 0 Å². The molecule has 2 aromatic rings. The van der Waals surface area contributed by atoms with Gasteiger partial charge in [-0.1, -0.05) is 18.2 Å². The van der Waals surface area contributed by atoms with Crippen LogP contribution in [-0.4, -0.2) is 5.91 Å². The Balaban J connectivity index is 2.22. The van der Waals surface area contributed by atoms with Crippen LogP contribution in [0.1, 0.15) is 15.9 Å². The van der Waals surface area contributed by atoms with Gasteiger partial charge in [-0.3, -0.25) is 4.79 Å². The molecule has 0 spiro atoms. The van der Waals surface area contributed by atoms with E-state index in [1.807, 2.05) is 12.1 Å². The summed E-state index contributed by atoms with van der Waals surface area (Å²) in [6, 6.07) is 11.9. The molecule has 0 heterocycles. The molecule has 0 fully saturated rings. The van der Waals surface area contributed by atoms with Crippen molar-refractivity contribution in [2.75, 3.05) is 5.32 Å². The number of benzene rings is 2. The van der Waals surface area contributed by atoms with Crippen LogP contribution in [0.3, 0.4) is 0 Å². The highest BCUT2D eigenvalue weighted by molar-refractivity contribution is 14.1. The molecule has 2 aromatic carbocycles. The molecule has 0 bridgehead atoms. The maximum atomic E-state index is 13.4. The molecule has 0 aromatic heterocycles. The molecule has 0 aliphatic heterocycles. The van der Waals surface area contributed by atoms with Gasteiger partial charge in [-0.25, -0.2) is 4.39 Å². The van der Waals surface area contributed by atoms with Crippen molar-refractivity contribution in [1.29, 1.82) is 0 Å². The molecule has 1 amide bonds. The van der Waals surface area contributed by atoms with Gasteiger partial charge in [0.05, 0.1) is 5.56 Å². The molecule has 0 saturated carbocycles. The quantitative estimate of drug-likeness (QED) is 0.811. The number of hydrogen-bond donors (Lipinski definition) is 1. The van der Waals surface area contributed by atoms with Crippen molar-refractivity contribution in [3.8, 4) is 0 Å². The minimum Gasteiger partial charge on any atom is -0.322 e. The third kappa shape index (κ3) is 2.87. The SMILES string of the molecule is Cc1ccc(NC(=O)c2ccccc2I)cc1F. The van der Waals surface area contributed by atoms with Crippen LogP contribution >= 0.6 is 22.6 Å². The molecular formula is C14H11FINO. The third-order valence-electron chi connectivity index (χ3n) is 2.55. The highest BCUT2D eigenvalue weighted by atomic mass is 127. The molecule has 1 N–H and O–H groups in total. The number of carbonyl (C=O) groups is 1. The summed E-state index contributed by atoms with van der Waals surface area (Å²) in [6.07, 6.45) is 0. The van der Waals surface area contributed by atoms with E-state index in [1.54, 1.807) is 31.2 Å². The highest BCUT2D eigenvalue weighted by Crippen LogP contribution is 2.17. The van der Waals surface area contributed by atoms with Gasteiger partial charge in [0.2, 0.25) is 0 Å². The lowest BCUT2D eigenvalue weighted by Crippen LogP contribution is -2.13. The first-order valence-electron chi connectivity index (χ1n) is 5.40. The zero-order valence-electron chi connectivity index (χ0n) is 9.71. The maximum absolute atomic E-state index is 13.4. The first-order valence-corrected chi connectivity index (χ1v) is 6.48. The average molecular weight is 355 g/mol. The summed E-state index contributed by atoms with van der Waals surface area (Å²) in [5.74, 6) is -0.557. The summed E-state index contributed by atoms with van der Waals surface area (Å²) in [4.78, 5) is 12.0. The summed E-state index contributed by atoms with van der Waals surface area (Å²) in [6.45, 7) is 1.68. The lowest BCUT2D eigenvalue weighted by Gasteiger charge is -2.07. The molecule has 0 atom stereocenters. The Hall–Kier alpha value is -1.43. The Labute approximate surface area is 118 Å². The average Bonchev–Trinajstić information content (AvgIpc) is 2.34. The first kappa shape index (κ1) is 13.0. The molecule has 0 radical (unpaired) electrons. The Morgan fingerprint density at radius 2 is 1.94 bits per heavy atom. The van der Waals surface area contributed by atoms with Gasteiger partial charge in [-0.15, -0.1) is 0 Å². The fourth-order valence-electron chi connectivity index (χ4n) is 1.51. The van der Waals surface area contributed by atoms with E-state index in [-0.39, 0.29) is 11.7 Å². The van der Waals surface area contributed by atoms with E-state index in [0.717, 1.165) is 3.57 Å². The fraction of sp³-hybridized carbons (Fsp3) is 0.0714. The number of carbonyl (C=O) groups excluding carboxylic acids is 1. The van der Waals surface area contributed by atoms with Gasteiger partial charge >= 0.3 is 0 Å². The number of nitrogens with one attached hydrogen (secondary N) is 1. The van der Waals surface area contributed by atoms with Crippen molar-refractivity contribution in [1.82, 2.24) is 0 Å². The highest BCUT2D eigenvalue weighted by Gasteiger charge is 2.09. The van der Waals surface area contributed by atoms with Gasteiger partial charge < -0.3 is 5.32 Å². The second-order valence-corrected chi connectivity index (χ2v) is 5.06. The molecule has 0 aliphatic rings. The van der Waals surface area contributed by atoms with Crippen molar-refractivity contribution >= 4 is 34.2 Å². The molecule has 0 aliphatic carbocycles. The fourth-order valence-corrected chi connectivity index (χ4v) is 2.15. The van der Waals surface area contributed by atoms with Crippen molar-refractivity contribution in [3.05, 3.63) is 63.0 Å². The lowest BCUT2D eigenvalue weighted by molar-refractivity contribution is 0.102. The molecular weight excluding hydrogens is 344 g/mol. The summed E-state index contributed by atoms with van der Waals surface area (Å²) >= 11 is 2.10. The number of hydrogen-bond acceptors (Lipinski definition) is 1. The van der Waals surface area contributed by atoms with E-state index in [1.165, 1.54) is 6.07 Å². The van der Waals surface area contributed by atoms with E-state index < -0.39 is 0 Å². The van der Waals surface area contributed by atoms with Crippen LogP contribution in [0.15, 0.2) is 42.5 Å². The first-order chi connectivity index (χ1) is 8.58. The summed E-state index contributed by atoms with van der Waals surface area (Å²) in [5, 5.41) is 2.68. The van der Waals surface area contributed by atoms with Crippen LogP contribution in [0, 0.1) is 16.3 Å². The topological polar surface area (TPSA) is 29.1 Å². The van der Waals surface area contributed by atoms with E-state index in [0.29, 0.717) is 16.8 Å². The van der Waals surface area contributed by atoms with Crippen molar-refractivity contribution in [2.24, 2.45) is 0 Å². The monoisotopic (exact) mass is 355 g/mol. The second kappa shape index (κ2) is 5.48. The van der Waals surface area contributed by atoms with E-state index in [9.17, 15) is 9.18 Å². The number of anilines is 1. The molecule has 18 heavy (non-hydrogen) atoms. The van der Waals surface area contributed by atoms with Crippen molar-refractivity contribution in [2.45, 2.75) is 6.92 Å². The number of aryl methyl sites for hydroxylation is 1. The molecule has 4 heteroatoms. The Morgan fingerprint density at radius 1 is 1.22 bits per heavy atom. The summed E-state index contributed by atoms with van der Waals surface area (Å²) in [5.41, 5.74) is 1.60. The zero-order valence-corrected chi connectivity index (χ0v) is 11.9. The minimum absolute atomic E-state index is 0.233. The lowest BCUT2D eigenvalue weighted by atomic mass is 10.2. The number of rotatable bonds is 2. The molecule has 2 nitrogen and oxygen atoms in total. The Morgan fingerprint density at radius 3 is 2.61 bits per heavy atom. The Kier molecular flexibility index (Phi) is 3.96. The molecule has 0 unspecified atom stereocenters. The molecule has 2 rings (SSSR count). The maximum Gasteiger partial charge on any atom is 0.256 e. The normalized spacial score (nSPS) is 10.2. The van der Waals surface area contributed by atoms with Crippen LogP contribution in [0.4, 0.5) is 10.1 Å². The zero-order chi connectivity index (χ0) is 13.1. The van der Waals surface area contributed by atoms with Gasteiger partial charge in [-0.2, -0.15) is 0 Å². The van der Waals surface area contributed by atoms with Gasteiger partial charge in [0.25, 0.3) is 5.91 Å². The molecule has 0 saturated heterocycles. The second-order valence-electron chi connectivity index (χ2n) is 3.90. The summed E-state index contributed by atoms with van der Waals surface area (Å²) in [7, 11) is 0. The van der Waals surface area contributed by atoms with E-state index in [2.05, 4.69) is 27.9 Å². The predicted molar refractivity (Wildman–Crippen MR) is 78.2 cm³/mol. The van der Waals surface area contributed by atoms with Gasteiger partial charge in [0, 0.05) is 9.26 Å². The Bertz CT molecular complexity index is 598. The van der Waals surface area contributed by atoms with Crippen molar-refractivity contribution < 1.29 is 9.18 Å². The van der Waals surface area contributed by atoms with Crippen LogP contribution in [-0.2, 0) is 0 Å². The van der Waals surface area contributed by atoms with Crippen LogP contribution in [0.2, 0.25) is 0 Å². The van der Waals surface area contributed by atoms with E-state index >= 15 is 0 Å². The predicted octanol–water partition coefficient (Wildman–Crippen LogP) is 3.99. The van der Waals surface area contributed by atoms with Crippen LogP contribution < -0.4 is 5.32 Å². The largest absolute Gasteiger partial charge is 0.322 e. The van der Waals surface area contributed by atoms with Crippen LogP contribution in [0.5, 0.6) is 0 Å².